The first kappa shape index (κ1) is 13.3. The largest absolute Gasteiger partial charge is 0.294 e. The van der Waals surface area contributed by atoms with Crippen LogP contribution in [-0.4, -0.2) is 5.78 Å². The van der Waals surface area contributed by atoms with Gasteiger partial charge in [0.2, 0.25) is 0 Å². The number of halogens is 1. The lowest BCUT2D eigenvalue weighted by atomic mass is 10.00. The SMILES string of the molecule is Cc1ccc(CC(=O)c2ccccc2I)cc1C. The second-order valence-corrected chi connectivity index (χ2v) is 5.66. The Morgan fingerprint density at radius 3 is 2.44 bits per heavy atom. The number of carbonyl (C=O) groups excluding carboxylic acids is 1. The van der Waals surface area contributed by atoms with E-state index in [9.17, 15) is 4.79 Å². The molecule has 0 bridgehead atoms. The zero-order valence-corrected chi connectivity index (χ0v) is 12.7. The molecule has 92 valence electrons. The van der Waals surface area contributed by atoms with E-state index in [0.717, 1.165) is 14.7 Å². The van der Waals surface area contributed by atoms with Crippen LogP contribution in [0.25, 0.3) is 0 Å². The van der Waals surface area contributed by atoms with Crippen LogP contribution in [0.4, 0.5) is 0 Å². The van der Waals surface area contributed by atoms with Crippen LogP contribution >= 0.6 is 22.6 Å². The Hall–Kier alpha value is -1.16. The summed E-state index contributed by atoms with van der Waals surface area (Å²) in [4.78, 5) is 12.2. The number of benzene rings is 2. The molecule has 0 heterocycles. The Balaban J connectivity index is 2.22. The summed E-state index contributed by atoms with van der Waals surface area (Å²) in [6.07, 6.45) is 0.473. The molecule has 0 amide bonds. The zero-order valence-electron chi connectivity index (χ0n) is 10.5. The summed E-state index contributed by atoms with van der Waals surface area (Å²) < 4.78 is 1.02. The Labute approximate surface area is 121 Å². The van der Waals surface area contributed by atoms with E-state index in [1.54, 1.807) is 0 Å². The van der Waals surface area contributed by atoms with Crippen molar-refractivity contribution in [1.82, 2.24) is 0 Å². The predicted molar refractivity (Wildman–Crippen MR) is 83.1 cm³/mol. The molecule has 2 aromatic carbocycles. The van der Waals surface area contributed by atoms with Crippen LogP contribution in [0.1, 0.15) is 27.0 Å². The Morgan fingerprint density at radius 1 is 1.06 bits per heavy atom. The molecule has 2 rings (SSSR count). The summed E-state index contributed by atoms with van der Waals surface area (Å²) >= 11 is 2.21. The molecular formula is C16H15IO. The van der Waals surface area contributed by atoms with Gasteiger partial charge >= 0.3 is 0 Å². The maximum Gasteiger partial charge on any atom is 0.168 e. The number of rotatable bonds is 3. The number of aryl methyl sites for hydroxylation is 2. The van der Waals surface area contributed by atoms with Crippen LogP contribution in [-0.2, 0) is 6.42 Å². The molecule has 0 N–H and O–H groups in total. The van der Waals surface area contributed by atoms with Crippen LogP contribution < -0.4 is 0 Å². The molecule has 0 atom stereocenters. The van der Waals surface area contributed by atoms with Crippen LogP contribution in [0.15, 0.2) is 42.5 Å². The molecule has 18 heavy (non-hydrogen) atoms. The van der Waals surface area contributed by atoms with Gasteiger partial charge in [0.05, 0.1) is 0 Å². The van der Waals surface area contributed by atoms with Gasteiger partial charge in [-0.3, -0.25) is 4.79 Å². The van der Waals surface area contributed by atoms with Gasteiger partial charge in [-0.2, -0.15) is 0 Å². The first-order chi connectivity index (χ1) is 8.58. The van der Waals surface area contributed by atoms with E-state index >= 15 is 0 Å². The maximum atomic E-state index is 12.2. The van der Waals surface area contributed by atoms with E-state index < -0.39 is 0 Å². The fraction of sp³-hybridized carbons (Fsp3) is 0.188. The van der Waals surface area contributed by atoms with Gasteiger partial charge in [0.15, 0.2) is 5.78 Å². The van der Waals surface area contributed by atoms with Gasteiger partial charge in [0.1, 0.15) is 0 Å². The molecule has 2 aromatic rings. The van der Waals surface area contributed by atoms with Gasteiger partial charge in [0, 0.05) is 15.6 Å². The number of carbonyl (C=O) groups is 1. The highest BCUT2D eigenvalue weighted by Crippen LogP contribution is 2.16. The fourth-order valence-corrected chi connectivity index (χ4v) is 2.57. The van der Waals surface area contributed by atoms with Crippen molar-refractivity contribution in [3.63, 3.8) is 0 Å². The summed E-state index contributed by atoms with van der Waals surface area (Å²) in [5.41, 5.74) is 4.41. The summed E-state index contributed by atoms with van der Waals surface area (Å²) in [5, 5.41) is 0. The van der Waals surface area contributed by atoms with Crippen molar-refractivity contribution in [2.24, 2.45) is 0 Å². The molecule has 0 aliphatic heterocycles. The van der Waals surface area contributed by atoms with Gasteiger partial charge in [-0.25, -0.2) is 0 Å². The quantitative estimate of drug-likeness (QED) is 0.595. The molecule has 0 saturated carbocycles. The van der Waals surface area contributed by atoms with Gasteiger partial charge in [-0.1, -0.05) is 36.4 Å². The standard InChI is InChI=1S/C16H15IO/c1-11-7-8-13(9-12(11)2)10-16(18)14-5-3-4-6-15(14)17/h3-9H,10H2,1-2H3. The minimum atomic E-state index is 0.184. The highest BCUT2D eigenvalue weighted by molar-refractivity contribution is 14.1. The zero-order chi connectivity index (χ0) is 13.1. The minimum absolute atomic E-state index is 0.184. The van der Waals surface area contributed by atoms with E-state index in [1.165, 1.54) is 11.1 Å². The summed E-state index contributed by atoms with van der Waals surface area (Å²) in [6, 6.07) is 13.9. The van der Waals surface area contributed by atoms with Crippen LogP contribution in [0.3, 0.4) is 0 Å². The van der Waals surface area contributed by atoms with Crippen molar-refractivity contribution < 1.29 is 4.79 Å². The van der Waals surface area contributed by atoms with Crippen LogP contribution in [0.2, 0.25) is 0 Å². The molecule has 0 aliphatic carbocycles. The first-order valence-corrected chi connectivity index (χ1v) is 6.99. The van der Waals surface area contributed by atoms with Crippen molar-refractivity contribution in [3.05, 3.63) is 68.3 Å². The highest BCUT2D eigenvalue weighted by atomic mass is 127. The first-order valence-electron chi connectivity index (χ1n) is 5.92. The van der Waals surface area contributed by atoms with E-state index in [4.69, 9.17) is 0 Å². The molecule has 0 aliphatic rings. The van der Waals surface area contributed by atoms with Crippen molar-refractivity contribution in [2.45, 2.75) is 20.3 Å². The molecule has 0 saturated heterocycles. The van der Waals surface area contributed by atoms with Gasteiger partial charge in [0.25, 0.3) is 0 Å². The summed E-state index contributed by atoms with van der Waals surface area (Å²) in [5.74, 6) is 0.184. The third kappa shape index (κ3) is 2.99. The van der Waals surface area contributed by atoms with Crippen molar-refractivity contribution in [3.8, 4) is 0 Å². The van der Waals surface area contributed by atoms with Crippen LogP contribution in [0, 0.1) is 17.4 Å². The van der Waals surface area contributed by atoms with E-state index in [-0.39, 0.29) is 5.78 Å². The Bertz CT molecular complexity index is 587. The topological polar surface area (TPSA) is 17.1 Å². The second-order valence-electron chi connectivity index (χ2n) is 4.50. The van der Waals surface area contributed by atoms with Crippen molar-refractivity contribution in [1.29, 1.82) is 0 Å². The number of hydrogen-bond donors (Lipinski definition) is 0. The average molecular weight is 350 g/mol. The molecule has 0 aromatic heterocycles. The highest BCUT2D eigenvalue weighted by Gasteiger charge is 2.10. The van der Waals surface area contributed by atoms with Crippen molar-refractivity contribution >= 4 is 28.4 Å². The molecule has 0 unspecified atom stereocenters. The van der Waals surface area contributed by atoms with E-state index in [2.05, 4.69) is 48.6 Å². The monoisotopic (exact) mass is 350 g/mol. The lowest BCUT2D eigenvalue weighted by molar-refractivity contribution is 0.0992. The lowest BCUT2D eigenvalue weighted by Gasteiger charge is -2.06. The lowest BCUT2D eigenvalue weighted by Crippen LogP contribution is -2.05. The maximum absolute atomic E-state index is 12.2. The minimum Gasteiger partial charge on any atom is -0.294 e. The Kier molecular flexibility index (Phi) is 4.17. The molecular weight excluding hydrogens is 335 g/mol. The number of ketones is 1. The van der Waals surface area contributed by atoms with Gasteiger partial charge < -0.3 is 0 Å². The normalized spacial score (nSPS) is 10.4. The summed E-state index contributed by atoms with van der Waals surface area (Å²) in [7, 11) is 0. The van der Waals surface area contributed by atoms with Gasteiger partial charge in [-0.05, 0) is 59.2 Å². The Morgan fingerprint density at radius 2 is 1.78 bits per heavy atom. The predicted octanol–water partition coefficient (Wildman–Crippen LogP) is 4.33. The second kappa shape index (κ2) is 5.65. The number of hydrogen-bond acceptors (Lipinski definition) is 1. The van der Waals surface area contributed by atoms with E-state index in [0.29, 0.717) is 6.42 Å². The van der Waals surface area contributed by atoms with E-state index in [1.807, 2.05) is 30.3 Å². The third-order valence-corrected chi connectivity index (χ3v) is 4.05. The fourth-order valence-electron chi connectivity index (χ4n) is 1.88. The number of Topliss-reactive ketones (excluding diaryl/α,β-unsaturated/α-hetero) is 1. The van der Waals surface area contributed by atoms with Gasteiger partial charge in [-0.15, -0.1) is 0 Å². The molecule has 1 nitrogen and oxygen atoms in total. The summed E-state index contributed by atoms with van der Waals surface area (Å²) in [6.45, 7) is 4.16. The molecule has 0 radical (unpaired) electrons. The van der Waals surface area contributed by atoms with Crippen molar-refractivity contribution in [2.75, 3.05) is 0 Å². The molecule has 0 spiro atoms. The average Bonchev–Trinajstić information content (AvgIpc) is 2.34. The smallest absolute Gasteiger partial charge is 0.168 e. The molecule has 0 fully saturated rings. The molecule has 2 heteroatoms. The van der Waals surface area contributed by atoms with Crippen LogP contribution in [0.5, 0.6) is 0 Å². The third-order valence-electron chi connectivity index (χ3n) is 3.11.